The lowest BCUT2D eigenvalue weighted by Crippen LogP contribution is -2.55. The highest BCUT2D eigenvalue weighted by molar-refractivity contribution is 6.38. The van der Waals surface area contributed by atoms with Gasteiger partial charge in [-0.05, 0) is 113 Å². The van der Waals surface area contributed by atoms with Gasteiger partial charge in [0.05, 0.1) is 24.4 Å². The number of nitrogens with zero attached hydrogens (tertiary/aromatic N) is 1. The predicted molar refractivity (Wildman–Crippen MR) is 244 cm³/mol. The standard InChI is InChI=1S/C51H79NO12/c1-30-16-12-11-13-17-31(2)42(60-8)28-38-21-19-32(3)48(63-38)47(57)50(58)52-23-15-14-18-39(52)51(59)64-43(34(5)26-37-20-22-40(53)44(27-37)61-9)29-41(54)33(4)25-36(7)46(56)49(62-10)45(55)35(6)24-30/h11-13,16-17,25,30,32-35,37-40,42-44,46,48-49,53,56H,14-15,18-24,26-29H2,1-10H3/b13-11+,16-12+,31-17+,36-25+/t30-,32-,33-,34-,35-,37+,38+,39+,40-,42+,43+,44-,46-,48-,49+/m1/s1. The fourth-order valence-corrected chi connectivity index (χ4v) is 10.1. The summed E-state index contributed by atoms with van der Waals surface area (Å²) in [5.74, 6) is -4.02. The Hall–Kier alpha value is -3.33. The second-order valence-electron chi connectivity index (χ2n) is 19.4. The van der Waals surface area contributed by atoms with E-state index in [4.69, 9.17) is 23.7 Å². The molecule has 360 valence electrons. The minimum atomic E-state index is -1.29. The van der Waals surface area contributed by atoms with Gasteiger partial charge in [0.25, 0.3) is 5.91 Å². The number of fused-ring (bicyclic) bond motifs is 3. The second kappa shape index (κ2) is 25.5. The third-order valence-electron chi connectivity index (χ3n) is 14.3. The molecule has 3 heterocycles. The molecule has 1 saturated carbocycles. The van der Waals surface area contributed by atoms with E-state index in [2.05, 4.69) is 0 Å². The molecular formula is C51H79NO12. The minimum Gasteiger partial charge on any atom is -0.460 e. The predicted octanol–water partition coefficient (Wildman–Crippen LogP) is 6.86. The molecule has 13 heteroatoms. The quantitative estimate of drug-likeness (QED) is 0.161. The summed E-state index contributed by atoms with van der Waals surface area (Å²) < 4.78 is 29.7. The number of rotatable bonds is 6. The summed E-state index contributed by atoms with van der Waals surface area (Å²) in [5.41, 5.74) is 1.37. The molecule has 13 nitrogen and oxygen atoms in total. The van der Waals surface area contributed by atoms with Gasteiger partial charge in [-0.25, -0.2) is 4.79 Å². The number of ketones is 3. The summed E-state index contributed by atoms with van der Waals surface area (Å²) in [6, 6.07) is -1.01. The average molecular weight is 898 g/mol. The van der Waals surface area contributed by atoms with Crippen LogP contribution in [0.3, 0.4) is 0 Å². The smallest absolute Gasteiger partial charge is 0.329 e. The Balaban J connectivity index is 1.68. The Morgan fingerprint density at radius 1 is 0.828 bits per heavy atom. The van der Waals surface area contributed by atoms with Crippen molar-refractivity contribution in [3.8, 4) is 0 Å². The molecule has 2 N–H and O–H groups in total. The molecule has 4 aliphatic rings. The Kier molecular flexibility index (Phi) is 21.3. The van der Waals surface area contributed by atoms with Gasteiger partial charge in [0.15, 0.2) is 5.78 Å². The maximum Gasteiger partial charge on any atom is 0.329 e. The van der Waals surface area contributed by atoms with E-state index >= 15 is 0 Å². The molecule has 15 atom stereocenters. The molecule has 2 saturated heterocycles. The molecule has 2 bridgehead atoms. The molecule has 0 aromatic carbocycles. The van der Waals surface area contributed by atoms with Gasteiger partial charge in [0, 0.05) is 52.6 Å². The lowest BCUT2D eigenvalue weighted by molar-refractivity contribution is -0.170. The van der Waals surface area contributed by atoms with E-state index in [1.165, 1.54) is 12.0 Å². The van der Waals surface area contributed by atoms with Gasteiger partial charge in [-0.15, -0.1) is 0 Å². The zero-order valence-electron chi connectivity index (χ0n) is 40.2. The Labute approximate surface area is 382 Å². The molecule has 4 rings (SSSR count). The highest BCUT2D eigenvalue weighted by Crippen LogP contribution is 2.35. The Bertz CT molecular complexity index is 1700. The van der Waals surface area contributed by atoms with Crippen LogP contribution in [0, 0.1) is 35.5 Å². The molecule has 1 aliphatic carbocycles. The summed E-state index contributed by atoms with van der Waals surface area (Å²) in [4.78, 5) is 71.8. The normalized spacial score (nSPS) is 39.7. The molecule has 64 heavy (non-hydrogen) atoms. The van der Waals surface area contributed by atoms with Crippen molar-refractivity contribution in [2.75, 3.05) is 27.9 Å². The van der Waals surface area contributed by atoms with E-state index in [9.17, 15) is 34.2 Å². The number of amides is 1. The van der Waals surface area contributed by atoms with Crippen molar-refractivity contribution < 1.29 is 57.9 Å². The number of ether oxygens (including phenoxy) is 5. The number of cyclic esters (lactones) is 1. The van der Waals surface area contributed by atoms with E-state index in [0.717, 1.165) is 12.0 Å². The molecule has 0 radical (unpaired) electrons. The van der Waals surface area contributed by atoms with Gasteiger partial charge in [-0.3, -0.25) is 19.2 Å². The first-order valence-electron chi connectivity index (χ1n) is 23.8. The van der Waals surface area contributed by atoms with E-state index < -0.39 is 66.1 Å². The zero-order chi connectivity index (χ0) is 47.2. The molecule has 3 aliphatic heterocycles. The van der Waals surface area contributed by atoms with Crippen molar-refractivity contribution in [2.45, 2.75) is 180 Å². The Morgan fingerprint density at radius 3 is 2.25 bits per heavy atom. The van der Waals surface area contributed by atoms with Crippen molar-refractivity contribution >= 4 is 29.2 Å². The van der Waals surface area contributed by atoms with Crippen molar-refractivity contribution in [3.05, 3.63) is 47.6 Å². The van der Waals surface area contributed by atoms with Gasteiger partial charge in [-0.2, -0.15) is 0 Å². The molecule has 3 fully saturated rings. The summed E-state index contributed by atoms with van der Waals surface area (Å²) in [6.07, 6.45) is 12.0. The zero-order valence-corrected chi connectivity index (χ0v) is 40.2. The van der Waals surface area contributed by atoms with Crippen LogP contribution < -0.4 is 0 Å². The molecule has 0 aromatic rings. The van der Waals surface area contributed by atoms with Gasteiger partial charge in [-0.1, -0.05) is 71.1 Å². The van der Waals surface area contributed by atoms with Gasteiger partial charge in [0.1, 0.15) is 36.2 Å². The van der Waals surface area contributed by atoms with Gasteiger partial charge >= 0.3 is 5.97 Å². The molecule has 1 amide bonds. The van der Waals surface area contributed by atoms with Crippen LogP contribution >= 0.6 is 0 Å². The maximum atomic E-state index is 14.3. The number of piperidine rings is 1. The number of allylic oxidation sites excluding steroid dienone is 6. The molecule has 0 unspecified atom stereocenters. The highest BCUT2D eigenvalue weighted by atomic mass is 16.5. The van der Waals surface area contributed by atoms with Crippen molar-refractivity contribution in [1.82, 2.24) is 4.90 Å². The average Bonchev–Trinajstić information content (AvgIpc) is 3.27. The first-order chi connectivity index (χ1) is 30.4. The number of aliphatic hydroxyl groups excluding tert-OH is 2. The summed E-state index contributed by atoms with van der Waals surface area (Å²) in [7, 11) is 4.61. The Morgan fingerprint density at radius 2 is 1.56 bits per heavy atom. The second-order valence-corrected chi connectivity index (χ2v) is 19.4. The largest absolute Gasteiger partial charge is 0.460 e. The number of Topliss-reactive ketones (excluding diaryl/α,β-unsaturated/α-hetero) is 3. The van der Waals surface area contributed by atoms with Gasteiger partial charge in [0.2, 0.25) is 5.78 Å². The number of hydrogen-bond donors (Lipinski definition) is 2. The van der Waals surface area contributed by atoms with Crippen LogP contribution in [0.4, 0.5) is 0 Å². The highest BCUT2D eigenvalue weighted by Gasteiger charge is 2.44. The molecule has 0 aromatic heterocycles. The van der Waals surface area contributed by atoms with E-state index in [1.807, 2.05) is 65.0 Å². The lowest BCUT2D eigenvalue weighted by atomic mass is 9.78. The number of carbonyl (C=O) groups excluding carboxylic acids is 5. The number of esters is 1. The third-order valence-corrected chi connectivity index (χ3v) is 14.3. The van der Waals surface area contributed by atoms with Crippen LogP contribution in [0.5, 0.6) is 0 Å². The van der Waals surface area contributed by atoms with Crippen LogP contribution in [0.15, 0.2) is 47.6 Å². The van der Waals surface area contributed by atoms with Crippen molar-refractivity contribution in [3.63, 3.8) is 0 Å². The van der Waals surface area contributed by atoms with Crippen LogP contribution in [-0.2, 0) is 47.7 Å². The molecule has 0 spiro atoms. The maximum absolute atomic E-state index is 14.3. The summed E-state index contributed by atoms with van der Waals surface area (Å²) >= 11 is 0. The van der Waals surface area contributed by atoms with Crippen molar-refractivity contribution in [2.24, 2.45) is 35.5 Å². The number of aliphatic hydroxyl groups is 2. The SMILES string of the molecule is CO[C@H]1C[C@@H]2CC[C@@H](C)[C@@H](O2)C(=O)C(=O)N2CCCC[C@H]2C(=O)O[C@H]([C@H](C)C[C@@H]2CC[C@@H](O)[C@H](OC)C2)CC(=O)[C@H](C)/C=C(\C)[C@@H](O)[C@@H](OC)C(=O)[C@H](C)C[C@H](C)/C=C/C=C/C=C/1C. The number of carbonyl (C=O) groups is 5. The van der Waals surface area contributed by atoms with Crippen LogP contribution in [0.25, 0.3) is 0 Å². The lowest BCUT2D eigenvalue weighted by Gasteiger charge is -2.39. The van der Waals surface area contributed by atoms with Crippen LogP contribution in [0.1, 0.15) is 126 Å². The fourth-order valence-electron chi connectivity index (χ4n) is 10.1. The topological polar surface area (TPSA) is 175 Å². The first kappa shape index (κ1) is 53.3. The van der Waals surface area contributed by atoms with Crippen LogP contribution in [0.2, 0.25) is 0 Å². The fraction of sp³-hybridized carbons (Fsp3) is 0.745. The van der Waals surface area contributed by atoms with E-state index in [-0.39, 0.29) is 66.5 Å². The minimum absolute atomic E-state index is 0.0463. The monoisotopic (exact) mass is 898 g/mol. The van der Waals surface area contributed by atoms with Gasteiger partial charge < -0.3 is 38.8 Å². The van der Waals surface area contributed by atoms with Crippen molar-refractivity contribution in [1.29, 1.82) is 0 Å². The van der Waals surface area contributed by atoms with Crippen LogP contribution in [-0.4, -0.2) is 127 Å². The summed E-state index contributed by atoms with van der Waals surface area (Å²) in [5, 5.41) is 21.9. The number of methoxy groups -OCH3 is 3. The molecular weight excluding hydrogens is 819 g/mol. The first-order valence-corrected chi connectivity index (χ1v) is 23.8. The number of hydrogen-bond acceptors (Lipinski definition) is 12. The third kappa shape index (κ3) is 14.6. The van der Waals surface area contributed by atoms with E-state index in [0.29, 0.717) is 69.8 Å². The summed E-state index contributed by atoms with van der Waals surface area (Å²) in [6.45, 7) is 13.3. The van der Waals surface area contributed by atoms with E-state index in [1.54, 1.807) is 34.1 Å².